The predicted molar refractivity (Wildman–Crippen MR) is 54.9 cm³/mol. The molecule has 0 spiro atoms. The Hall–Kier alpha value is -0.950. The van der Waals surface area contributed by atoms with Crippen molar-refractivity contribution in [3.63, 3.8) is 0 Å². The van der Waals surface area contributed by atoms with Gasteiger partial charge in [0, 0.05) is 6.61 Å². The van der Waals surface area contributed by atoms with E-state index in [-0.39, 0.29) is 12.1 Å². The van der Waals surface area contributed by atoms with Crippen molar-refractivity contribution in [3.8, 4) is 6.07 Å². The number of rotatable bonds is 4. The summed E-state index contributed by atoms with van der Waals surface area (Å²) in [4.78, 5) is 0. The number of nitriles is 1. The highest BCUT2D eigenvalue weighted by molar-refractivity contribution is 5.03. The van der Waals surface area contributed by atoms with E-state index < -0.39 is 5.54 Å². The molecule has 0 bridgehead atoms. The highest BCUT2D eigenvalue weighted by atomic mass is 16.2. The van der Waals surface area contributed by atoms with Crippen LogP contribution in [0.15, 0.2) is 10.2 Å². The second-order valence-corrected chi connectivity index (χ2v) is 4.58. The first-order valence-electron chi connectivity index (χ1n) is 4.79. The molecular weight excluding hydrogens is 178 g/mol. The highest BCUT2D eigenvalue weighted by Gasteiger charge is 2.23. The molecule has 0 heterocycles. The Labute approximate surface area is 85.7 Å². The molecule has 0 aliphatic carbocycles. The molecule has 0 radical (unpaired) electrons. The fourth-order valence-corrected chi connectivity index (χ4v) is 0.812. The van der Waals surface area contributed by atoms with Crippen LogP contribution in [0.25, 0.3) is 0 Å². The maximum atomic E-state index is 8.92. The first-order chi connectivity index (χ1) is 6.33. The summed E-state index contributed by atoms with van der Waals surface area (Å²) in [6.45, 7) is 7.61. The van der Waals surface area contributed by atoms with Crippen molar-refractivity contribution >= 4 is 0 Å². The molecule has 80 valence electrons. The third-order valence-electron chi connectivity index (χ3n) is 1.63. The van der Waals surface area contributed by atoms with E-state index in [1.54, 1.807) is 6.92 Å². The van der Waals surface area contributed by atoms with Gasteiger partial charge in [-0.2, -0.15) is 15.5 Å². The van der Waals surface area contributed by atoms with Crippen LogP contribution in [0.2, 0.25) is 0 Å². The largest absolute Gasteiger partial charge is 0.396 e. The molecule has 14 heavy (non-hydrogen) atoms. The molecule has 0 aliphatic rings. The quantitative estimate of drug-likeness (QED) is 0.702. The van der Waals surface area contributed by atoms with Gasteiger partial charge in [-0.05, 0) is 40.5 Å². The maximum Gasteiger partial charge on any atom is 0.164 e. The van der Waals surface area contributed by atoms with Crippen molar-refractivity contribution in [2.45, 2.75) is 51.6 Å². The fourth-order valence-electron chi connectivity index (χ4n) is 0.812. The fraction of sp³-hybridized carbons (Fsp3) is 0.900. The Bertz CT molecular complexity index is 237. The number of azo groups is 1. The molecule has 0 aromatic heterocycles. The summed E-state index contributed by atoms with van der Waals surface area (Å²) in [6, 6.07) is 2.11. The molecular formula is C10H19N3O. The van der Waals surface area contributed by atoms with Crippen molar-refractivity contribution in [1.29, 1.82) is 5.26 Å². The van der Waals surface area contributed by atoms with E-state index in [1.165, 1.54) is 0 Å². The minimum Gasteiger partial charge on any atom is -0.396 e. The van der Waals surface area contributed by atoms with E-state index in [1.807, 2.05) is 20.8 Å². The Balaban J connectivity index is 4.41. The topological polar surface area (TPSA) is 68.7 Å². The minimum atomic E-state index is -0.796. The molecule has 1 unspecified atom stereocenters. The number of aliphatic hydroxyl groups excluding tert-OH is 1. The zero-order valence-electron chi connectivity index (χ0n) is 9.41. The zero-order valence-corrected chi connectivity index (χ0v) is 9.41. The lowest BCUT2D eigenvalue weighted by atomic mass is 9.99. The van der Waals surface area contributed by atoms with Gasteiger partial charge in [-0.3, -0.25) is 0 Å². The van der Waals surface area contributed by atoms with Crippen LogP contribution in [0.1, 0.15) is 40.5 Å². The molecule has 4 heteroatoms. The van der Waals surface area contributed by atoms with Crippen LogP contribution in [-0.2, 0) is 0 Å². The van der Waals surface area contributed by atoms with Crippen LogP contribution in [-0.4, -0.2) is 22.8 Å². The average Bonchev–Trinajstić information content (AvgIpc) is 2.10. The maximum absolute atomic E-state index is 8.92. The SMILES string of the molecule is CC(C)(C)N=NC(C)(C#N)CCCO. The summed E-state index contributed by atoms with van der Waals surface area (Å²) < 4.78 is 0. The van der Waals surface area contributed by atoms with E-state index in [4.69, 9.17) is 10.4 Å². The highest BCUT2D eigenvalue weighted by Crippen LogP contribution is 2.19. The van der Waals surface area contributed by atoms with Crippen LogP contribution in [0.3, 0.4) is 0 Å². The Morgan fingerprint density at radius 1 is 1.21 bits per heavy atom. The lowest BCUT2D eigenvalue weighted by Crippen LogP contribution is -2.21. The van der Waals surface area contributed by atoms with Gasteiger partial charge in [0.05, 0.1) is 11.6 Å². The van der Waals surface area contributed by atoms with E-state index in [9.17, 15) is 0 Å². The van der Waals surface area contributed by atoms with Crippen molar-refractivity contribution in [2.75, 3.05) is 6.61 Å². The summed E-state index contributed by atoms with van der Waals surface area (Å²) in [6.07, 6.45) is 1.12. The monoisotopic (exact) mass is 197 g/mol. The van der Waals surface area contributed by atoms with Gasteiger partial charge in [0.2, 0.25) is 0 Å². The summed E-state index contributed by atoms with van der Waals surface area (Å²) >= 11 is 0. The Kier molecular flexibility index (Phi) is 4.72. The van der Waals surface area contributed by atoms with Gasteiger partial charge in [0.15, 0.2) is 5.54 Å². The second kappa shape index (κ2) is 5.06. The van der Waals surface area contributed by atoms with Crippen LogP contribution >= 0.6 is 0 Å². The van der Waals surface area contributed by atoms with E-state index in [2.05, 4.69) is 16.3 Å². The molecule has 0 saturated carbocycles. The smallest absolute Gasteiger partial charge is 0.164 e. The lowest BCUT2D eigenvalue weighted by Gasteiger charge is -2.17. The van der Waals surface area contributed by atoms with Crippen molar-refractivity contribution in [1.82, 2.24) is 0 Å². The van der Waals surface area contributed by atoms with E-state index >= 15 is 0 Å². The molecule has 4 nitrogen and oxygen atoms in total. The first kappa shape index (κ1) is 13.1. The summed E-state index contributed by atoms with van der Waals surface area (Å²) in [5.74, 6) is 0. The van der Waals surface area contributed by atoms with Crippen LogP contribution in [0.5, 0.6) is 0 Å². The lowest BCUT2D eigenvalue weighted by molar-refractivity contribution is 0.272. The molecule has 0 aromatic carbocycles. The number of hydrogen-bond acceptors (Lipinski definition) is 4. The van der Waals surface area contributed by atoms with Gasteiger partial charge in [-0.15, -0.1) is 0 Å². The van der Waals surface area contributed by atoms with E-state index in [0.717, 1.165) is 0 Å². The Morgan fingerprint density at radius 2 is 1.79 bits per heavy atom. The van der Waals surface area contributed by atoms with Gasteiger partial charge in [-0.1, -0.05) is 0 Å². The standard InChI is InChI=1S/C10H19N3O/c1-9(2,3)12-13-10(4,8-11)6-5-7-14/h14H,5-7H2,1-4H3. The van der Waals surface area contributed by atoms with E-state index in [0.29, 0.717) is 12.8 Å². The second-order valence-electron chi connectivity index (χ2n) is 4.58. The number of nitrogens with zero attached hydrogens (tertiary/aromatic N) is 3. The van der Waals surface area contributed by atoms with Crippen molar-refractivity contribution in [2.24, 2.45) is 10.2 Å². The van der Waals surface area contributed by atoms with Gasteiger partial charge in [-0.25, -0.2) is 0 Å². The first-order valence-corrected chi connectivity index (χ1v) is 4.79. The summed E-state index contributed by atoms with van der Waals surface area (Å²) in [5.41, 5.74) is -1.05. The number of hydrogen-bond donors (Lipinski definition) is 1. The zero-order chi connectivity index (χ0) is 11.2. The normalized spacial score (nSPS) is 16.6. The third kappa shape index (κ3) is 5.65. The Morgan fingerprint density at radius 3 is 2.14 bits per heavy atom. The molecule has 0 rings (SSSR count). The van der Waals surface area contributed by atoms with Crippen LogP contribution in [0, 0.1) is 11.3 Å². The molecule has 1 atom stereocenters. The van der Waals surface area contributed by atoms with Gasteiger partial charge in [0.25, 0.3) is 0 Å². The van der Waals surface area contributed by atoms with Crippen molar-refractivity contribution in [3.05, 3.63) is 0 Å². The molecule has 0 amide bonds. The average molecular weight is 197 g/mol. The number of aliphatic hydroxyl groups is 1. The summed E-state index contributed by atoms with van der Waals surface area (Å²) in [5, 5.41) is 25.7. The predicted octanol–water partition coefficient (Wildman–Crippen LogP) is 2.29. The third-order valence-corrected chi connectivity index (χ3v) is 1.63. The van der Waals surface area contributed by atoms with Gasteiger partial charge < -0.3 is 5.11 Å². The molecule has 1 N–H and O–H groups in total. The molecule has 0 fully saturated rings. The molecule has 0 aliphatic heterocycles. The molecule has 0 saturated heterocycles. The van der Waals surface area contributed by atoms with Crippen LogP contribution < -0.4 is 0 Å². The van der Waals surface area contributed by atoms with Gasteiger partial charge in [0.1, 0.15) is 0 Å². The summed E-state index contributed by atoms with van der Waals surface area (Å²) in [7, 11) is 0. The van der Waals surface area contributed by atoms with Crippen molar-refractivity contribution < 1.29 is 5.11 Å². The van der Waals surface area contributed by atoms with Crippen LogP contribution in [0.4, 0.5) is 0 Å². The molecule has 0 aromatic rings. The minimum absolute atomic E-state index is 0.0856. The van der Waals surface area contributed by atoms with Gasteiger partial charge >= 0.3 is 0 Å².